The Morgan fingerprint density at radius 1 is 1.00 bits per heavy atom. The van der Waals surface area contributed by atoms with Crippen molar-refractivity contribution in [2.75, 3.05) is 51.1 Å². The average molecular weight is 373 g/mol. The number of carbonyl (C=O) groups is 2. The van der Waals surface area contributed by atoms with Crippen molar-refractivity contribution in [3.05, 3.63) is 29.3 Å². The lowest BCUT2D eigenvalue weighted by Crippen LogP contribution is -2.55. The molecular weight excluding hydrogens is 340 g/mol. The van der Waals surface area contributed by atoms with Crippen LogP contribution in [-0.4, -0.2) is 78.4 Å². The van der Waals surface area contributed by atoms with E-state index in [9.17, 15) is 9.59 Å². The van der Waals surface area contributed by atoms with Gasteiger partial charge in [0.25, 0.3) is 0 Å². The second kappa shape index (κ2) is 8.85. The number of rotatable bonds is 5. The van der Waals surface area contributed by atoms with Crippen LogP contribution in [0.4, 0.5) is 5.69 Å². The Morgan fingerprint density at radius 2 is 1.59 bits per heavy atom. The van der Waals surface area contributed by atoms with Gasteiger partial charge in [0.15, 0.2) is 0 Å². The Bertz CT molecular complexity index is 657. The zero-order valence-corrected chi connectivity index (χ0v) is 16.8. The normalized spacial score (nSPS) is 19.9. The van der Waals surface area contributed by atoms with E-state index in [0.29, 0.717) is 6.54 Å². The number of para-hydroxylation sites is 1. The van der Waals surface area contributed by atoms with E-state index in [2.05, 4.69) is 15.1 Å². The molecule has 3 rings (SSSR count). The Kier molecular flexibility index (Phi) is 6.50. The van der Waals surface area contributed by atoms with Gasteiger partial charge in [-0.2, -0.15) is 0 Å². The largest absolute Gasteiger partial charge is 0.341 e. The van der Waals surface area contributed by atoms with Crippen LogP contribution in [0.1, 0.15) is 30.9 Å². The van der Waals surface area contributed by atoms with Gasteiger partial charge >= 0.3 is 0 Å². The molecule has 1 aromatic carbocycles. The molecular formula is C21H32N4O2. The van der Waals surface area contributed by atoms with Crippen LogP contribution in [0.2, 0.25) is 0 Å². The summed E-state index contributed by atoms with van der Waals surface area (Å²) in [6.45, 7) is 11.5. The first kappa shape index (κ1) is 19.8. The highest BCUT2D eigenvalue weighted by Gasteiger charge is 2.30. The van der Waals surface area contributed by atoms with Crippen molar-refractivity contribution < 1.29 is 9.59 Å². The molecule has 2 heterocycles. The monoisotopic (exact) mass is 372 g/mol. The van der Waals surface area contributed by atoms with Crippen LogP contribution < -0.4 is 5.32 Å². The Morgan fingerprint density at radius 3 is 2.19 bits per heavy atom. The van der Waals surface area contributed by atoms with Gasteiger partial charge < -0.3 is 10.2 Å². The number of piperazine rings is 1. The summed E-state index contributed by atoms with van der Waals surface area (Å²) in [5, 5.41) is 3.06. The second-order valence-corrected chi connectivity index (χ2v) is 7.84. The van der Waals surface area contributed by atoms with Gasteiger partial charge in [0, 0.05) is 45.0 Å². The second-order valence-electron chi connectivity index (χ2n) is 7.84. The summed E-state index contributed by atoms with van der Waals surface area (Å²) < 4.78 is 0. The number of carbonyl (C=O) groups excluding carboxylic acids is 2. The quantitative estimate of drug-likeness (QED) is 0.857. The zero-order chi connectivity index (χ0) is 19.4. The SMILES string of the molecule is Cc1cccc(C)c1NC(=O)CN1CCN([C@H](C)C(=O)N2CCCC2)CC1. The van der Waals surface area contributed by atoms with Gasteiger partial charge in [-0.3, -0.25) is 19.4 Å². The zero-order valence-electron chi connectivity index (χ0n) is 16.8. The van der Waals surface area contributed by atoms with E-state index < -0.39 is 0 Å². The summed E-state index contributed by atoms with van der Waals surface area (Å²) in [6, 6.07) is 5.97. The smallest absolute Gasteiger partial charge is 0.239 e. The minimum atomic E-state index is -0.0614. The van der Waals surface area contributed by atoms with Crippen molar-refractivity contribution in [3.63, 3.8) is 0 Å². The fourth-order valence-electron chi connectivity index (χ4n) is 4.06. The predicted octanol–water partition coefficient (Wildman–Crippen LogP) is 1.87. The van der Waals surface area contributed by atoms with Crippen LogP contribution in [0, 0.1) is 13.8 Å². The Labute approximate surface area is 162 Å². The molecule has 0 radical (unpaired) electrons. The van der Waals surface area contributed by atoms with E-state index in [4.69, 9.17) is 0 Å². The van der Waals surface area contributed by atoms with Gasteiger partial charge in [0.05, 0.1) is 12.6 Å². The summed E-state index contributed by atoms with van der Waals surface area (Å²) in [6.07, 6.45) is 2.25. The van der Waals surface area contributed by atoms with Crippen LogP contribution in [0.3, 0.4) is 0 Å². The molecule has 2 aliphatic heterocycles. The lowest BCUT2D eigenvalue weighted by Gasteiger charge is -2.38. The number of nitrogens with zero attached hydrogens (tertiary/aromatic N) is 3. The average Bonchev–Trinajstić information content (AvgIpc) is 3.19. The van der Waals surface area contributed by atoms with Crippen LogP contribution in [0.15, 0.2) is 18.2 Å². The van der Waals surface area contributed by atoms with Gasteiger partial charge in [-0.15, -0.1) is 0 Å². The van der Waals surface area contributed by atoms with Gasteiger partial charge in [0.1, 0.15) is 0 Å². The molecule has 0 unspecified atom stereocenters. The lowest BCUT2D eigenvalue weighted by molar-refractivity contribution is -0.136. The van der Waals surface area contributed by atoms with E-state index in [1.807, 2.05) is 43.9 Å². The Balaban J connectivity index is 1.46. The highest BCUT2D eigenvalue weighted by Crippen LogP contribution is 2.19. The first-order valence-corrected chi connectivity index (χ1v) is 10.1. The van der Waals surface area contributed by atoms with Gasteiger partial charge in [-0.25, -0.2) is 0 Å². The minimum Gasteiger partial charge on any atom is -0.341 e. The number of nitrogens with one attached hydrogen (secondary N) is 1. The number of likely N-dealkylation sites (tertiary alicyclic amines) is 1. The first-order valence-electron chi connectivity index (χ1n) is 10.1. The van der Waals surface area contributed by atoms with Crippen molar-refractivity contribution in [2.45, 2.75) is 39.7 Å². The molecule has 2 amide bonds. The summed E-state index contributed by atoms with van der Waals surface area (Å²) in [5.74, 6) is 0.288. The summed E-state index contributed by atoms with van der Waals surface area (Å²) in [5.41, 5.74) is 3.09. The van der Waals surface area contributed by atoms with E-state index in [1.54, 1.807) is 0 Å². The van der Waals surface area contributed by atoms with Crippen LogP contribution >= 0.6 is 0 Å². The van der Waals surface area contributed by atoms with Crippen molar-refractivity contribution >= 4 is 17.5 Å². The third-order valence-electron chi connectivity index (χ3n) is 5.84. The van der Waals surface area contributed by atoms with Gasteiger partial charge in [0.2, 0.25) is 11.8 Å². The molecule has 1 atom stereocenters. The minimum absolute atomic E-state index is 0.0297. The number of hydrogen-bond donors (Lipinski definition) is 1. The molecule has 0 bridgehead atoms. The number of amides is 2. The molecule has 1 aromatic rings. The topological polar surface area (TPSA) is 55.9 Å². The highest BCUT2D eigenvalue weighted by atomic mass is 16.2. The number of aryl methyl sites for hydroxylation is 2. The fourth-order valence-corrected chi connectivity index (χ4v) is 4.06. The molecule has 27 heavy (non-hydrogen) atoms. The molecule has 0 spiro atoms. The maximum absolute atomic E-state index is 12.6. The Hall–Kier alpha value is -1.92. The van der Waals surface area contributed by atoms with Gasteiger partial charge in [-0.05, 0) is 44.7 Å². The summed E-state index contributed by atoms with van der Waals surface area (Å²) in [7, 11) is 0. The highest BCUT2D eigenvalue weighted by molar-refractivity contribution is 5.93. The maximum atomic E-state index is 12.6. The van der Waals surface area contributed by atoms with E-state index in [1.165, 1.54) is 0 Å². The number of anilines is 1. The maximum Gasteiger partial charge on any atom is 0.239 e. The summed E-state index contributed by atoms with van der Waals surface area (Å²) in [4.78, 5) is 31.5. The predicted molar refractivity (Wildman–Crippen MR) is 108 cm³/mol. The van der Waals surface area contributed by atoms with E-state index >= 15 is 0 Å². The van der Waals surface area contributed by atoms with Crippen LogP contribution in [-0.2, 0) is 9.59 Å². The van der Waals surface area contributed by atoms with Crippen LogP contribution in [0.5, 0.6) is 0 Å². The molecule has 6 nitrogen and oxygen atoms in total. The van der Waals surface area contributed by atoms with Crippen LogP contribution in [0.25, 0.3) is 0 Å². The molecule has 1 N–H and O–H groups in total. The molecule has 2 aliphatic rings. The third kappa shape index (κ3) is 4.87. The molecule has 0 aliphatic carbocycles. The van der Waals surface area contributed by atoms with E-state index in [-0.39, 0.29) is 17.9 Å². The standard InChI is InChI=1S/C21H32N4O2/c1-16-7-6-8-17(2)20(16)22-19(26)15-23-11-13-24(14-12-23)18(3)21(27)25-9-4-5-10-25/h6-8,18H,4-5,9-15H2,1-3H3,(H,22,26)/t18-/m1/s1. The van der Waals surface area contributed by atoms with Crippen molar-refractivity contribution in [1.82, 2.24) is 14.7 Å². The van der Waals surface area contributed by atoms with Crippen molar-refractivity contribution in [3.8, 4) is 0 Å². The van der Waals surface area contributed by atoms with E-state index in [0.717, 1.165) is 68.9 Å². The molecule has 2 fully saturated rings. The summed E-state index contributed by atoms with van der Waals surface area (Å²) >= 11 is 0. The van der Waals surface area contributed by atoms with Crippen molar-refractivity contribution in [1.29, 1.82) is 0 Å². The van der Waals surface area contributed by atoms with Crippen molar-refractivity contribution in [2.24, 2.45) is 0 Å². The molecule has 0 aromatic heterocycles. The fraction of sp³-hybridized carbons (Fsp3) is 0.619. The number of benzene rings is 1. The lowest BCUT2D eigenvalue weighted by atomic mass is 10.1. The van der Waals surface area contributed by atoms with Gasteiger partial charge in [-0.1, -0.05) is 18.2 Å². The molecule has 2 saturated heterocycles. The molecule has 6 heteroatoms. The third-order valence-corrected chi connectivity index (χ3v) is 5.84. The molecule has 148 valence electrons. The molecule has 0 saturated carbocycles. The number of hydrogen-bond acceptors (Lipinski definition) is 4. The first-order chi connectivity index (χ1) is 13.0.